The molecule has 1 atom stereocenters. The largest absolute Gasteiger partial charge is 0.435 e. The molecule has 36 heavy (non-hydrogen) atoms. The fourth-order valence-electron chi connectivity index (χ4n) is 4.64. The van der Waals surface area contributed by atoms with E-state index in [0.717, 1.165) is 45.6 Å². The third-order valence-electron chi connectivity index (χ3n) is 6.82. The molecule has 7 nitrogen and oxygen atoms in total. The van der Waals surface area contributed by atoms with Crippen molar-refractivity contribution in [2.75, 3.05) is 13.1 Å². The summed E-state index contributed by atoms with van der Waals surface area (Å²) < 4.78 is 39.8. The Morgan fingerprint density at radius 1 is 1.22 bits per heavy atom. The molecule has 190 valence electrons. The lowest BCUT2D eigenvalue weighted by Crippen LogP contribution is -2.40. The summed E-state index contributed by atoms with van der Waals surface area (Å²) in [6.07, 6.45) is -2.40. The summed E-state index contributed by atoms with van der Waals surface area (Å²) in [6.45, 7) is 4.40. The van der Waals surface area contributed by atoms with E-state index >= 15 is 0 Å². The summed E-state index contributed by atoms with van der Waals surface area (Å²) in [5.74, 6) is -0.00893. The Labute approximate surface area is 210 Å². The van der Waals surface area contributed by atoms with E-state index in [-0.39, 0.29) is 18.4 Å². The topological polar surface area (TPSA) is 72.6 Å². The van der Waals surface area contributed by atoms with Crippen molar-refractivity contribution in [1.29, 1.82) is 0 Å². The van der Waals surface area contributed by atoms with Gasteiger partial charge in [-0.2, -0.15) is 18.3 Å². The molecule has 0 saturated carbocycles. The minimum atomic E-state index is -4.53. The summed E-state index contributed by atoms with van der Waals surface area (Å²) in [7, 11) is 0. The molecule has 1 saturated heterocycles. The van der Waals surface area contributed by atoms with Gasteiger partial charge in [0, 0.05) is 36.5 Å². The number of piperidine rings is 1. The number of rotatable bonds is 5. The van der Waals surface area contributed by atoms with Crippen LogP contribution < -0.4 is 0 Å². The van der Waals surface area contributed by atoms with Gasteiger partial charge in [0.2, 0.25) is 5.91 Å². The van der Waals surface area contributed by atoms with Crippen LogP contribution in [0.15, 0.2) is 46.9 Å². The lowest BCUT2D eigenvalue weighted by molar-refractivity contribution is -0.142. The van der Waals surface area contributed by atoms with Gasteiger partial charge in [0.25, 0.3) is 0 Å². The molecule has 0 N–H and O–H groups in total. The van der Waals surface area contributed by atoms with Gasteiger partial charge in [-0.15, -0.1) is 11.3 Å². The van der Waals surface area contributed by atoms with E-state index in [2.05, 4.69) is 10.3 Å². The number of nitrogens with zero attached hydrogens (tertiary/aromatic N) is 5. The molecule has 1 aromatic carbocycles. The van der Waals surface area contributed by atoms with E-state index in [1.807, 2.05) is 42.6 Å². The van der Waals surface area contributed by atoms with Gasteiger partial charge >= 0.3 is 6.18 Å². The van der Waals surface area contributed by atoms with E-state index in [1.165, 1.54) is 6.92 Å². The summed E-state index contributed by atoms with van der Waals surface area (Å²) >= 11 is 1.59. The first-order valence-corrected chi connectivity index (χ1v) is 12.7. The number of hydrogen-bond donors (Lipinski definition) is 0. The van der Waals surface area contributed by atoms with Gasteiger partial charge < -0.3 is 9.74 Å². The van der Waals surface area contributed by atoms with Crippen LogP contribution in [0.4, 0.5) is 13.2 Å². The van der Waals surface area contributed by atoms with Crippen molar-refractivity contribution in [3.63, 3.8) is 0 Å². The first kappa shape index (κ1) is 24.5. The van der Waals surface area contributed by atoms with Crippen LogP contribution in [0.5, 0.6) is 0 Å². The van der Waals surface area contributed by atoms with Crippen molar-refractivity contribution < 1.29 is 22.8 Å². The monoisotopic (exact) mass is 517 g/mol. The smallest absolute Gasteiger partial charge is 0.384 e. The van der Waals surface area contributed by atoms with Crippen LogP contribution in [-0.4, -0.2) is 44.4 Å². The lowest BCUT2D eigenvalue weighted by Gasteiger charge is -2.31. The number of carbonyl (C=O) groups excluding carboxylic acids is 1. The van der Waals surface area contributed by atoms with Crippen molar-refractivity contribution in [2.24, 2.45) is 5.16 Å². The molecule has 0 radical (unpaired) electrons. The van der Waals surface area contributed by atoms with Gasteiger partial charge in [-0.05, 0) is 38.3 Å². The highest BCUT2D eigenvalue weighted by molar-refractivity contribution is 7.10. The molecule has 11 heteroatoms. The van der Waals surface area contributed by atoms with Crippen LogP contribution in [0.2, 0.25) is 0 Å². The Hall–Kier alpha value is -3.21. The summed E-state index contributed by atoms with van der Waals surface area (Å²) in [5, 5.41) is 10.9. The lowest BCUT2D eigenvalue weighted by atomic mass is 9.90. The average molecular weight is 518 g/mol. The van der Waals surface area contributed by atoms with Gasteiger partial charge in [-0.1, -0.05) is 35.5 Å². The molecule has 1 amide bonds. The number of alkyl halides is 3. The number of aryl methyl sites for hydroxylation is 1. The summed E-state index contributed by atoms with van der Waals surface area (Å²) in [5.41, 5.74) is 1.53. The molecule has 0 aliphatic carbocycles. The predicted molar refractivity (Wildman–Crippen MR) is 129 cm³/mol. The van der Waals surface area contributed by atoms with Gasteiger partial charge in [-0.25, -0.2) is 4.98 Å². The van der Waals surface area contributed by atoms with Gasteiger partial charge in [0.1, 0.15) is 12.3 Å². The molecule has 2 aliphatic rings. The van der Waals surface area contributed by atoms with E-state index in [0.29, 0.717) is 25.2 Å². The number of thiazole rings is 1. The van der Waals surface area contributed by atoms with Crippen LogP contribution in [0.25, 0.3) is 0 Å². The zero-order chi connectivity index (χ0) is 25.5. The average Bonchev–Trinajstić information content (AvgIpc) is 3.59. The highest BCUT2D eigenvalue weighted by Gasteiger charge is 2.38. The van der Waals surface area contributed by atoms with Crippen LogP contribution in [-0.2, 0) is 28.0 Å². The maximum absolute atomic E-state index is 12.9. The normalized spacial score (nSPS) is 20.9. The molecular weight excluding hydrogens is 491 g/mol. The highest BCUT2D eigenvalue weighted by atomic mass is 32.1. The number of amides is 1. The zero-order valence-corrected chi connectivity index (χ0v) is 20.8. The standard InChI is InChI=1S/C25H26F3N5O2S/c1-16-12-21(25(26,27)28)30-33(16)14-22(34)32-10-8-17(9-11-32)23-29-20(15-36-23)19-13-24(2,35-31-19)18-6-4-3-5-7-18/h3-7,12,15,17H,8-11,13-14H2,1-2H3. The molecule has 2 aliphatic heterocycles. The third-order valence-corrected chi connectivity index (χ3v) is 7.82. The molecule has 3 aromatic rings. The quantitative estimate of drug-likeness (QED) is 0.471. The Morgan fingerprint density at radius 2 is 1.94 bits per heavy atom. The number of aromatic nitrogens is 3. The van der Waals surface area contributed by atoms with E-state index in [4.69, 9.17) is 9.82 Å². The Kier molecular flexibility index (Phi) is 6.36. The molecule has 4 heterocycles. The Balaban J connectivity index is 1.17. The van der Waals surface area contributed by atoms with Gasteiger partial charge in [0.15, 0.2) is 11.3 Å². The second-order valence-corrected chi connectivity index (χ2v) is 10.3. The molecule has 1 fully saturated rings. The van der Waals surface area contributed by atoms with E-state index in [9.17, 15) is 18.0 Å². The van der Waals surface area contributed by atoms with Gasteiger partial charge in [0.05, 0.1) is 10.7 Å². The van der Waals surface area contributed by atoms with Crippen molar-refractivity contribution in [3.8, 4) is 0 Å². The van der Waals surface area contributed by atoms with E-state index in [1.54, 1.807) is 16.2 Å². The van der Waals surface area contributed by atoms with Crippen LogP contribution in [0.1, 0.15) is 59.8 Å². The number of likely N-dealkylation sites (tertiary alicyclic amines) is 1. The fourth-order valence-corrected chi connectivity index (χ4v) is 5.64. The maximum atomic E-state index is 12.9. The van der Waals surface area contributed by atoms with Gasteiger partial charge in [-0.3, -0.25) is 9.48 Å². The molecule has 1 unspecified atom stereocenters. The fraction of sp³-hybridized carbons (Fsp3) is 0.440. The van der Waals surface area contributed by atoms with Crippen LogP contribution in [0, 0.1) is 6.92 Å². The number of carbonyl (C=O) groups is 1. The molecular formula is C25H26F3N5O2S. The molecule has 2 aromatic heterocycles. The Bertz CT molecular complexity index is 1280. The zero-order valence-electron chi connectivity index (χ0n) is 20.0. The minimum Gasteiger partial charge on any atom is -0.384 e. The second-order valence-electron chi connectivity index (χ2n) is 9.46. The number of benzene rings is 1. The highest BCUT2D eigenvalue weighted by Crippen LogP contribution is 2.37. The maximum Gasteiger partial charge on any atom is 0.435 e. The molecule has 5 rings (SSSR count). The Morgan fingerprint density at radius 3 is 2.61 bits per heavy atom. The predicted octanol–water partition coefficient (Wildman–Crippen LogP) is 5.11. The number of oxime groups is 1. The SMILES string of the molecule is Cc1cc(C(F)(F)F)nn1CC(=O)N1CCC(c2nc(C3=NOC(C)(c4ccccc4)C3)cs2)CC1. The second kappa shape index (κ2) is 9.34. The minimum absolute atomic E-state index is 0.200. The van der Waals surface area contributed by atoms with Crippen molar-refractivity contribution in [2.45, 2.75) is 57.3 Å². The third kappa shape index (κ3) is 4.88. The van der Waals surface area contributed by atoms with Crippen molar-refractivity contribution >= 4 is 23.0 Å². The first-order valence-electron chi connectivity index (χ1n) is 11.8. The van der Waals surface area contributed by atoms with Crippen molar-refractivity contribution in [3.05, 3.63) is 69.4 Å². The summed E-state index contributed by atoms with van der Waals surface area (Å²) in [4.78, 5) is 25.1. The number of hydrogen-bond acceptors (Lipinski definition) is 6. The van der Waals surface area contributed by atoms with Crippen molar-refractivity contribution in [1.82, 2.24) is 19.7 Å². The first-order chi connectivity index (χ1) is 17.1. The number of halogens is 3. The van der Waals surface area contributed by atoms with Crippen LogP contribution in [0.3, 0.4) is 0 Å². The molecule has 0 bridgehead atoms. The molecule has 0 spiro atoms. The van der Waals surface area contributed by atoms with Crippen LogP contribution >= 0.6 is 11.3 Å². The summed E-state index contributed by atoms with van der Waals surface area (Å²) in [6, 6.07) is 11.0. The van der Waals surface area contributed by atoms with E-state index < -0.39 is 17.5 Å².